The van der Waals surface area contributed by atoms with E-state index in [0.29, 0.717) is 19.4 Å². The first-order chi connectivity index (χ1) is 16.4. The first-order valence-electron chi connectivity index (χ1n) is 12.0. The van der Waals surface area contributed by atoms with Crippen LogP contribution in [-0.4, -0.2) is 42.3 Å². The van der Waals surface area contributed by atoms with Crippen LogP contribution in [0.25, 0.3) is 11.1 Å². The van der Waals surface area contributed by atoms with Crippen LogP contribution in [0.1, 0.15) is 49.7 Å². The molecule has 0 aromatic heterocycles. The molecule has 2 saturated carbocycles. The Kier molecular flexibility index (Phi) is 5.80. The molecule has 7 heteroatoms. The number of carbonyl (C=O) groups is 3. The van der Waals surface area contributed by atoms with Crippen LogP contribution in [0.15, 0.2) is 48.5 Å². The minimum Gasteiger partial charge on any atom is -0.481 e. The average Bonchev–Trinajstić information content (AvgIpc) is 3.26. The van der Waals surface area contributed by atoms with Gasteiger partial charge in [0.25, 0.3) is 0 Å². The number of hydrogen-bond donors (Lipinski definition) is 3. The molecular weight excluding hydrogens is 432 g/mol. The molecule has 3 aliphatic rings. The number of hydrogen-bond acceptors (Lipinski definition) is 4. The molecule has 2 amide bonds. The topological polar surface area (TPSA) is 105 Å². The summed E-state index contributed by atoms with van der Waals surface area (Å²) in [5.41, 5.74) is 4.30. The van der Waals surface area contributed by atoms with Crippen molar-refractivity contribution in [2.45, 2.75) is 44.6 Å². The summed E-state index contributed by atoms with van der Waals surface area (Å²) in [5, 5.41) is 14.8. The number of carboxylic acid groups (broad SMARTS) is 1. The minimum atomic E-state index is -0.857. The van der Waals surface area contributed by atoms with Crippen LogP contribution in [-0.2, 0) is 14.3 Å². The number of aliphatic carboxylic acids is 1. The Morgan fingerprint density at radius 1 is 1.06 bits per heavy atom. The van der Waals surface area contributed by atoms with E-state index < -0.39 is 23.4 Å². The SMILES string of the molecule is CC(CCNC(=O)C12CC(NC(=O)OCC3c4ccccc4-c4ccccc43)CC1C2)C(=O)O. The number of alkyl carbamates (subject to hydrolysis) is 1. The molecule has 34 heavy (non-hydrogen) atoms. The van der Waals surface area contributed by atoms with E-state index in [9.17, 15) is 14.4 Å². The van der Waals surface area contributed by atoms with E-state index in [0.717, 1.165) is 12.8 Å². The van der Waals surface area contributed by atoms with Crippen LogP contribution in [0.2, 0.25) is 0 Å². The molecule has 0 aliphatic heterocycles. The maximum Gasteiger partial charge on any atom is 0.407 e. The molecule has 0 heterocycles. The monoisotopic (exact) mass is 462 g/mol. The van der Waals surface area contributed by atoms with Crippen molar-refractivity contribution < 1.29 is 24.2 Å². The second-order valence-corrected chi connectivity index (χ2v) is 9.95. The van der Waals surface area contributed by atoms with Gasteiger partial charge in [-0.1, -0.05) is 55.5 Å². The summed E-state index contributed by atoms with van der Waals surface area (Å²) in [6.45, 7) is 2.26. The van der Waals surface area contributed by atoms with Crippen LogP contribution in [0.4, 0.5) is 4.79 Å². The van der Waals surface area contributed by atoms with Gasteiger partial charge in [-0.05, 0) is 53.9 Å². The molecule has 3 aliphatic carbocycles. The summed E-state index contributed by atoms with van der Waals surface area (Å²) >= 11 is 0. The lowest BCUT2D eigenvalue weighted by atomic mass is 9.98. The van der Waals surface area contributed by atoms with Crippen LogP contribution >= 0.6 is 0 Å². The van der Waals surface area contributed by atoms with Crippen LogP contribution in [0, 0.1) is 17.3 Å². The van der Waals surface area contributed by atoms with Gasteiger partial charge < -0.3 is 20.5 Å². The second kappa shape index (κ2) is 8.78. The third-order valence-corrected chi connectivity index (χ3v) is 7.81. The highest BCUT2D eigenvalue weighted by Crippen LogP contribution is 2.63. The van der Waals surface area contributed by atoms with Gasteiger partial charge in [0.15, 0.2) is 0 Å². The predicted octanol–water partition coefficient (Wildman–Crippen LogP) is 3.92. The number of carboxylic acids is 1. The molecule has 5 rings (SSSR count). The van der Waals surface area contributed by atoms with Crippen molar-refractivity contribution in [2.24, 2.45) is 17.3 Å². The molecule has 2 aromatic carbocycles. The number of carbonyl (C=O) groups excluding carboxylic acids is 2. The van der Waals surface area contributed by atoms with Gasteiger partial charge in [0, 0.05) is 18.5 Å². The summed E-state index contributed by atoms with van der Waals surface area (Å²) in [6, 6.07) is 16.4. The highest BCUT2D eigenvalue weighted by atomic mass is 16.5. The fourth-order valence-corrected chi connectivity index (χ4v) is 5.80. The van der Waals surface area contributed by atoms with Crippen LogP contribution in [0.5, 0.6) is 0 Å². The molecule has 178 valence electrons. The number of amides is 2. The number of ether oxygens (including phenoxy) is 1. The molecule has 0 bridgehead atoms. The zero-order valence-corrected chi connectivity index (χ0v) is 19.3. The predicted molar refractivity (Wildman–Crippen MR) is 126 cm³/mol. The summed E-state index contributed by atoms with van der Waals surface area (Å²) in [4.78, 5) is 36.3. The molecule has 7 nitrogen and oxygen atoms in total. The van der Waals surface area contributed by atoms with Gasteiger partial charge in [0.2, 0.25) is 5.91 Å². The first kappa shape index (κ1) is 22.4. The Labute approximate surface area is 198 Å². The zero-order chi connectivity index (χ0) is 23.9. The second-order valence-electron chi connectivity index (χ2n) is 9.95. The van der Waals surface area contributed by atoms with Gasteiger partial charge in [-0.25, -0.2) is 4.79 Å². The number of nitrogens with one attached hydrogen (secondary N) is 2. The third kappa shape index (κ3) is 4.04. The van der Waals surface area contributed by atoms with E-state index >= 15 is 0 Å². The van der Waals surface area contributed by atoms with Crippen LogP contribution in [0.3, 0.4) is 0 Å². The van der Waals surface area contributed by atoms with Crippen molar-refractivity contribution in [3.63, 3.8) is 0 Å². The van der Waals surface area contributed by atoms with Gasteiger partial charge in [0.1, 0.15) is 6.61 Å². The van der Waals surface area contributed by atoms with Gasteiger partial charge in [-0.15, -0.1) is 0 Å². The Balaban J connectivity index is 1.12. The Hall–Kier alpha value is -3.35. The normalized spacial score (nSPS) is 25.0. The summed E-state index contributed by atoms with van der Waals surface area (Å²) in [5.74, 6) is -1.08. The van der Waals surface area contributed by atoms with Crippen molar-refractivity contribution >= 4 is 18.0 Å². The van der Waals surface area contributed by atoms with E-state index in [-0.39, 0.29) is 30.4 Å². The van der Waals surface area contributed by atoms with Gasteiger partial charge in [-0.2, -0.15) is 0 Å². The molecule has 4 atom stereocenters. The maximum atomic E-state index is 12.7. The quantitative estimate of drug-likeness (QED) is 0.552. The summed E-state index contributed by atoms with van der Waals surface area (Å²) in [7, 11) is 0. The maximum absolute atomic E-state index is 12.7. The van der Waals surface area contributed by atoms with Crippen LogP contribution < -0.4 is 10.6 Å². The molecule has 0 spiro atoms. The lowest BCUT2D eigenvalue weighted by Gasteiger charge is -2.19. The molecule has 3 N–H and O–H groups in total. The van der Waals surface area contributed by atoms with Gasteiger partial charge in [-0.3, -0.25) is 9.59 Å². The molecule has 0 radical (unpaired) electrons. The van der Waals surface area contributed by atoms with Crippen molar-refractivity contribution in [1.82, 2.24) is 10.6 Å². The van der Waals surface area contributed by atoms with E-state index in [1.807, 2.05) is 24.3 Å². The molecule has 2 aromatic rings. The molecule has 0 saturated heterocycles. The number of rotatable bonds is 8. The largest absolute Gasteiger partial charge is 0.481 e. The standard InChI is InChI=1S/C27H30N2O5/c1-16(24(30)31)10-11-28-25(32)27-13-17(27)12-18(14-27)29-26(33)34-15-23-21-8-4-2-6-19(21)20-7-3-5-9-22(20)23/h2-9,16-18,23H,10-15H2,1H3,(H,28,32)(H,29,33)(H,30,31). The highest BCUT2D eigenvalue weighted by molar-refractivity contribution is 5.87. The molecular formula is C27H30N2O5. The fourth-order valence-electron chi connectivity index (χ4n) is 5.80. The molecule has 2 fully saturated rings. The Morgan fingerprint density at radius 2 is 1.71 bits per heavy atom. The molecule has 4 unspecified atom stereocenters. The van der Waals surface area contributed by atoms with E-state index in [2.05, 4.69) is 34.9 Å². The number of fused-ring (bicyclic) bond motifs is 4. The highest BCUT2D eigenvalue weighted by Gasteiger charge is 2.65. The third-order valence-electron chi connectivity index (χ3n) is 7.81. The Morgan fingerprint density at radius 3 is 2.35 bits per heavy atom. The van der Waals surface area contributed by atoms with Gasteiger partial charge >= 0.3 is 12.1 Å². The summed E-state index contributed by atoms with van der Waals surface area (Å²) in [6.07, 6.45) is 2.16. The lowest BCUT2D eigenvalue weighted by Crippen LogP contribution is -2.38. The first-order valence-corrected chi connectivity index (χ1v) is 12.0. The zero-order valence-electron chi connectivity index (χ0n) is 19.3. The van der Waals surface area contributed by atoms with Crippen molar-refractivity contribution in [1.29, 1.82) is 0 Å². The summed E-state index contributed by atoms with van der Waals surface area (Å²) < 4.78 is 5.65. The average molecular weight is 463 g/mol. The number of benzene rings is 2. The van der Waals surface area contributed by atoms with Gasteiger partial charge in [0.05, 0.1) is 11.3 Å². The van der Waals surface area contributed by atoms with Crippen molar-refractivity contribution in [2.75, 3.05) is 13.2 Å². The van der Waals surface area contributed by atoms with E-state index in [1.54, 1.807) is 6.92 Å². The fraction of sp³-hybridized carbons (Fsp3) is 0.444. The van der Waals surface area contributed by atoms with Crippen molar-refractivity contribution in [3.05, 3.63) is 59.7 Å². The Bertz CT molecular complexity index is 1090. The van der Waals surface area contributed by atoms with E-state index in [1.165, 1.54) is 22.3 Å². The minimum absolute atomic E-state index is 0.0143. The lowest BCUT2D eigenvalue weighted by molar-refractivity contribution is -0.141. The van der Waals surface area contributed by atoms with Crippen molar-refractivity contribution in [3.8, 4) is 11.1 Å². The smallest absolute Gasteiger partial charge is 0.407 e. The van der Waals surface area contributed by atoms with E-state index in [4.69, 9.17) is 9.84 Å².